The van der Waals surface area contributed by atoms with Crippen molar-refractivity contribution in [2.24, 2.45) is 0 Å². The first kappa shape index (κ1) is 11.4. The summed E-state index contributed by atoms with van der Waals surface area (Å²) in [5, 5.41) is 9.52. The van der Waals surface area contributed by atoms with E-state index in [1.54, 1.807) is 6.20 Å². The number of nitrogens with zero attached hydrogens (tertiary/aromatic N) is 1. The van der Waals surface area contributed by atoms with E-state index in [1.807, 2.05) is 44.2 Å². The number of aryl methyl sites for hydroxylation is 1. The first-order valence-corrected chi connectivity index (χ1v) is 5.54. The Labute approximate surface area is 100 Å². The topological polar surface area (TPSA) is 57.8 Å². The summed E-state index contributed by atoms with van der Waals surface area (Å²) in [5.41, 5.74) is 2.38. The second-order valence-corrected chi connectivity index (χ2v) is 4.02. The lowest BCUT2D eigenvalue weighted by Crippen LogP contribution is -2.27. The Kier molecular flexibility index (Phi) is 3.23. The third-order valence-electron chi connectivity index (χ3n) is 2.69. The second-order valence-electron chi connectivity index (χ2n) is 4.02. The van der Waals surface area contributed by atoms with Crippen LogP contribution < -0.4 is 5.32 Å². The van der Waals surface area contributed by atoms with Gasteiger partial charge in [-0.1, -0.05) is 30.3 Å². The Hall–Kier alpha value is -2.10. The van der Waals surface area contributed by atoms with Crippen LogP contribution in [0.4, 0.5) is 0 Å². The van der Waals surface area contributed by atoms with Gasteiger partial charge in [0.25, 0.3) is 5.91 Å². The number of hydrogen-bond donors (Lipinski definition) is 2. The van der Waals surface area contributed by atoms with Crippen molar-refractivity contribution < 1.29 is 4.79 Å². The minimum absolute atomic E-state index is 0.0280. The number of benzene rings is 1. The lowest BCUT2D eigenvalue weighted by Gasteiger charge is -2.13. The molecule has 2 aromatic rings. The fraction of sp³-hybridized carbons (Fsp3) is 0.231. The molecule has 0 spiro atoms. The number of carbonyl (C=O) groups excluding carboxylic acids is 1. The summed E-state index contributed by atoms with van der Waals surface area (Å²) < 4.78 is 0. The number of H-pyrrole nitrogens is 1. The van der Waals surface area contributed by atoms with Crippen molar-refractivity contribution in [2.45, 2.75) is 19.9 Å². The van der Waals surface area contributed by atoms with E-state index >= 15 is 0 Å². The molecule has 88 valence electrons. The molecule has 0 bridgehead atoms. The Morgan fingerprint density at radius 2 is 2.06 bits per heavy atom. The van der Waals surface area contributed by atoms with Crippen molar-refractivity contribution in [2.75, 3.05) is 0 Å². The summed E-state index contributed by atoms with van der Waals surface area (Å²) in [4.78, 5) is 11.9. The first-order chi connectivity index (χ1) is 8.18. The van der Waals surface area contributed by atoms with E-state index in [1.165, 1.54) is 0 Å². The van der Waals surface area contributed by atoms with E-state index in [9.17, 15) is 4.79 Å². The van der Waals surface area contributed by atoms with Gasteiger partial charge in [0.05, 0.1) is 6.04 Å². The van der Waals surface area contributed by atoms with Crippen molar-refractivity contribution in [1.82, 2.24) is 15.5 Å². The molecule has 0 aliphatic heterocycles. The van der Waals surface area contributed by atoms with Crippen molar-refractivity contribution in [3.8, 4) is 0 Å². The van der Waals surface area contributed by atoms with Crippen LogP contribution >= 0.6 is 0 Å². The lowest BCUT2D eigenvalue weighted by molar-refractivity contribution is 0.0934. The van der Waals surface area contributed by atoms with Gasteiger partial charge in [0.2, 0.25) is 0 Å². The van der Waals surface area contributed by atoms with Crippen LogP contribution in [-0.2, 0) is 0 Å². The molecule has 0 fully saturated rings. The molecule has 1 atom stereocenters. The molecule has 2 N–H and O–H groups in total. The molecule has 17 heavy (non-hydrogen) atoms. The van der Waals surface area contributed by atoms with Gasteiger partial charge < -0.3 is 5.32 Å². The van der Waals surface area contributed by atoms with E-state index in [-0.39, 0.29) is 11.9 Å². The molecule has 0 aliphatic carbocycles. The Balaban J connectivity index is 2.08. The maximum atomic E-state index is 11.9. The minimum Gasteiger partial charge on any atom is -0.344 e. The van der Waals surface area contributed by atoms with Crippen LogP contribution in [0.25, 0.3) is 0 Å². The predicted molar refractivity (Wildman–Crippen MR) is 65.6 cm³/mol. The first-order valence-electron chi connectivity index (χ1n) is 5.54. The van der Waals surface area contributed by atoms with Gasteiger partial charge in [0, 0.05) is 6.20 Å². The number of aromatic nitrogens is 2. The third kappa shape index (κ3) is 2.53. The van der Waals surface area contributed by atoms with Crippen molar-refractivity contribution in [3.63, 3.8) is 0 Å². The van der Waals surface area contributed by atoms with Gasteiger partial charge in [0.15, 0.2) is 5.69 Å². The van der Waals surface area contributed by atoms with Crippen LogP contribution in [0.1, 0.15) is 34.6 Å². The van der Waals surface area contributed by atoms with Crippen LogP contribution in [0.15, 0.2) is 36.5 Å². The standard InChI is InChI=1S/C13H15N3O/c1-9-8-14-16-12(9)13(17)15-10(2)11-6-4-3-5-7-11/h3-8,10H,1-2H3,(H,14,16)(H,15,17)/t10-/m1/s1. The summed E-state index contributed by atoms with van der Waals surface area (Å²) in [6.07, 6.45) is 1.71. The molecule has 0 aliphatic rings. The number of nitrogens with one attached hydrogen (secondary N) is 2. The number of amides is 1. The average molecular weight is 229 g/mol. The van der Waals surface area contributed by atoms with Gasteiger partial charge in [-0.15, -0.1) is 0 Å². The zero-order valence-electron chi connectivity index (χ0n) is 9.90. The molecule has 0 radical (unpaired) electrons. The van der Waals surface area contributed by atoms with Crippen LogP contribution in [0.3, 0.4) is 0 Å². The molecular weight excluding hydrogens is 214 g/mol. The van der Waals surface area contributed by atoms with E-state index in [4.69, 9.17) is 0 Å². The highest BCUT2D eigenvalue weighted by Gasteiger charge is 2.14. The quantitative estimate of drug-likeness (QED) is 0.847. The van der Waals surface area contributed by atoms with E-state index in [2.05, 4.69) is 15.5 Å². The molecule has 1 heterocycles. The SMILES string of the molecule is Cc1c[nH]nc1C(=O)N[C@H](C)c1ccccc1. The number of carbonyl (C=O) groups is 1. The van der Waals surface area contributed by atoms with Crippen LogP contribution in [0, 0.1) is 6.92 Å². The number of hydrogen-bond acceptors (Lipinski definition) is 2. The molecule has 0 saturated carbocycles. The number of aromatic amines is 1. The minimum atomic E-state index is -0.153. The fourth-order valence-corrected chi connectivity index (χ4v) is 1.67. The van der Waals surface area contributed by atoms with Gasteiger partial charge in [0.1, 0.15) is 0 Å². The monoisotopic (exact) mass is 229 g/mol. The lowest BCUT2D eigenvalue weighted by atomic mass is 10.1. The molecular formula is C13H15N3O. The van der Waals surface area contributed by atoms with Gasteiger partial charge in [-0.05, 0) is 25.0 Å². The normalized spacial score (nSPS) is 12.1. The van der Waals surface area contributed by atoms with Crippen LogP contribution in [0.2, 0.25) is 0 Å². The fourth-order valence-electron chi connectivity index (χ4n) is 1.67. The van der Waals surface area contributed by atoms with Gasteiger partial charge in [-0.25, -0.2) is 0 Å². The smallest absolute Gasteiger partial charge is 0.272 e. The number of rotatable bonds is 3. The van der Waals surface area contributed by atoms with Gasteiger partial charge >= 0.3 is 0 Å². The van der Waals surface area contributed by atoms with Gasteiger partial charge in [-0.2, -0.15) is 5.10 Å². The molecule has 4 nitrogen and oxygen atoms in total. The van der Waals surface area contributed by atoms with Crippen LogP contribution in [-0.4, -0.2) is 16.1 Å². The second kappa shape index (κ2) is 4.82. The molecule has 1 aromatic carbocycles. The summed E-state index contributed by atoms with van der Waals surface area (Å²) in [7, 11) is 0. The maximum Gasteiger partial charge on any atom is 0.272 e. The van der Waals surface area contributed by atoms with E-state index in [0.29, 0.717) is 5.69 Å². The van der Waals surface area contributed by atoms with Crippen LogP contribution in [0.5, 0.6) is 0 Å². The highest BCUT2D eigenvalue weighted by Crippen LogP contribution is 2.12. The molecule has 0 unspecified atom stereocenters. The zero-order valence-corrected chi connectivity index (χ0v) is 9.90. The van der Waals surface area contributed by atoms with Crippen molar-refractivity contribution >= 4 is 5.91 Å². The predicted octanol–water partition coefficient (Wildman–Crippen LogP) is 2.21. The zero-order chi connectivity index (χ0) is 12.3. The summed E-state index contributed by atoms with van der Waals surface area (Å²) >= 11 is 0. The van der Waals surface area contributed by atoms with E-state index in [0.717, 1.165) is 11.1 Å². The highest BCUT2D eigenvalue weighted by molar-refractivity contribution is 5.93. The molecule has 0 saturated heterocycles. The molecule has 1 amide bonds. The molecule has 1 aromatic heterocycles. The summed E-state index contributed by atoms with van der Waals surface area (Å²) in [5.74, 6) is -0.153. The maximum absolute atomic E-state index is 11.9. The highest BCUT2D eigenvalue weighted by atomic mass is 16.2. The van der Waals surface area contributed by atoms with E-state index < -0.39 is 0 Å². The van der Waals surface area contributed by atoms with Gasteiger partial charge in [-0.3, -0.25) is 9.89 Å². The summed E-state index contributed by atoms with van der Waals surface area (Å²) in [6.45, 7) is 3.81. The Morgan fingerprint density at radius 3 is 2.65 bits per heavy atom. The van der Waals surface area contributed by atoms with Crippen molar-refractivity contribution in [3.05, 3.63) is 53.3 Å². The largest absolute Gasteiger partial charge is 0.344 e. The molecule has 2 rings (SSSR count). The third-order valence-corrected chi connectivity index (χ3v) is 2.69. The Bertz CT molecular complexity index is 504. The molecule has 4 heteroatoms. The Morgan fingerprint density at radius 1 is 1.35 bits per heavy atom. The van der Waals surface area contributed by atoms with Crippen molar-refractivity contribution in [1.29, 1.82) is 0 Å². The summed E-state index contributed by atoms with van der Waals surface area (Å²) in [6, 6.07) is 9.82. The average Bonchev–Trinajstić information content (AvgIpc) is 2.76.